The van der Waals surface area contributed by atoms with Gasteiger partial charge in [-0.2, -0.15) is 0 Å². The molecule has 0 aromatic carbocycles. The van der Waals surface area contributed by atoms with Crippen molar-refractivity contribution in [2.45, 2.75) is 11.8 Å². The fourth-order valence-electron chi connectivity index (χ4n) is 1.09. The van der Waals surface area contributed by atoms with Gasteiger partial charge in [0.15, 0.2) is 16.3 Å². The van der Waals surface area contributed by atoms with Gasteiger partial charge >= 0.3 is 0 Å². The first-order valence-corrected chi connectivity index (χ1v) is 4.65. The summed E-state index contributed by atoms with van der Waals surface area (Å²) in [5.74, 6) is 0.439. The smallest absolute Gasteiger partial charge is 0.184 e. The summed E-state index contributed by atoms with van der Waals surface area (Å²) in [6.45, 7) is 1.99. The zero-order chi connectivity index (χ0) is 9.42. The fourth-order valence-corrected chi connectivity index (χ4v) is 1.28. The summed E-state index contributed by atoms with van der Waals surface area (Å²) >= 11 is 11.3. The van der Waals surface area contributed by atoms with Gasteiger partial charge in [-0.1, -0.05) is 23.2 Å². The van der Waals surface area contributed by atoms with E-state index in [-0.39, 0.29) is 0 Å². The SMILES string of the molecule is Cc1ccn2nc(C(Cl)Cl)nc2c1. The Kier molecular flexibility index (Phi) is 2.14. The van der Waals surface area contributed by atoms with Crippen LogP contribution in [-0.4, -0.2) is 14.6 Å². The molecule has 0 aliphatic rings. The molecule has 0 spiro atoms. The Hall–Kier alpha value is -0.800. The molecule has 5 heteroatoms. The lowest BCUT2D eigenvalue weighted by Gasteiger charge is -1.91. The molecule has 68 valence electrons. The highest BCUT2D eigenvalue weighted by molar-refractivity contribution is 6.43. The number of pyridine rings is 1. The van der Waals surface area contributed by atoms with Crippen molar-refractivity contribution < 1.29 is 0 Å². The van der Waals surface area contributed by atoms with Crippen molar-refractivity contribution in [1.29, 1.82) is 0 Å². The molecule has 3 nitrogen and oxygen atoms in total. The lowest BCUT2D eigenvalue weighted by molar-refractivity contribution is 0.915. The van der Waals surface area contributed by atoms with Crippen molar-refractivity contribution in [3.05, 3.63) is 29.7 Å². The molecular formula is C8H7Cl2N3. The molecule has 0 saturated heterocycles. The number of nitrogens with zero attached hydrogens (tertiary/aromatic N) is 3. The normalized spacial score (nSPS) is 11.4. The molecule has 0 aliphatic carbocycles. The van der Waals surface area contributed by atoms with Crippen molar-refractivity contribution in [3.8, 4) is 0 Å². The summed E-state index contributed by atoms with van der Waals surface area (Å²) in [5.41, 5.74) is 1.90. The van der Waals surface area contributed by atoms with Crippen LogP contribution < -0.4 is 0 Å². The average molecular weight is 216 g/mol. The van der Waals surface area contributed by atoms with Gasteiger partial charge < -0.3 is 0 Å². The Morgan fingerprint density at radius 2 is 2.23 bits per heavy atom. The minimum absolute atomic E-state index is 0.439. The predicted molar refractivity (Wildman–Crippen MR) is 52.2 cm³/mol. The maximum Gasteiger partial charge on any atom is 0.184 e. The van der Waals surface area contributed by atoms with Crippen molar-refractivity contribution in [1.82, 2.24) is 14.6 Å². The van der Waals surface area contributed by atoms with Crippen LogP contribution in [0.4, 0.5) is 0 Å². The maximum atomic E-state index is 5.64. The molecule has 0 fully saturated rings. The summed E-state index contributed by atoms with van der Waals surface area (Å²) in [6.07, 6.45) is 1.83. The molecule has 2 aromatic heterocycles. The predicted octanol–water partition coefficient (Wildman–Crippen LogP) is 2.51. The number of hydrogen-bond acceptors (Lipinski definition) is 2. The molecular weight excluding hydrogens is 209 g/mol. The van der Waals surface area contributed by atoms with Gasteiger partial charge in [0.25, 0.3) is 0 Å². The van der Waals surface area contributed by atoms with E-state index in [1.807, 2.05) is 25.3 Å². The minimum Gasteiger partial charge on any atom is -0.221 e. The topological polar surface area (TPSA) is 30.2 Å². The Morgan fingerprint density at radius 1 is 1.46 bits per heavy atom. The number of halogens is 2. The van der Waals surface area contributed by atoms with Crippen LogP contribution in [0.5, 0.6) is 0 Å². The molecule has 0 aliphatic heterocycles. The summed E-state index contributed by atoms with van der Waals surface area (Å²) in [5, 5.41) is 4.10. The fraction of sp³-hybridized carbons (Fsp3) is 0.250. The lowest BCUT2D eigenvalue weighted by atomic mass is 10.3. The molecule has 2 heterocycles. The molecule has 2 aromatic rings. The van der Waals surface area contributed by atoms with Gasteiger partial charge in [0.1, 0.15) is 0 Å². The first-order valence-electron chi connectivity index (χ1n) is 3.78. The van der Waals surface area contributed by atoms with E-state index in [0.717, 1.165) is 11.2 Å². The molecule has 0 atom stereocenters. The third kappa shape index (κ3) is 1.62. The quantitative estimate of drug-likeness (QED) is 0.685. The Labute approximate surface area is 85.3 Å². The molecule has 0 bridgehead atoms. The van der Waals surface area contributed by atoms with Crippen LogP contribution in [0.1, 0.15) is 16.2 Å². The van der Waals surface area contributed by atoms with E-state index in [4.69, 9.17) is 23.2 Å². The third-order valence-electron chi connectivity index (χ3n) is 1.70. The Morgan fingerprint density at radius 3 is 2.92 bits per heavy atom. The second-order valence-corrected chi connectivity index (χ2v) is 3.87. The van der Waals surface area contributed by atoms with Crippen molar-refractivity contribution in [2.24, 2.45) is 0 Å². The highest BCUT2D eigenvalue weighted by Gasteiger charge is 2.10. The van der Waals surface area contributed by atoms with Crippen LogP contribution in [0.15, 0.2) is 18.3 Å². The van der Waals surface area contributed by atoms with E-state index < -0.39 is 4.84 Å². The van der Waals surface area contributed by atoms with Crippen molar-refractivity contribution >= 4 is 28.8 Å². The van der Waals surface area contributed by atoms with Crippen LogP contribution >= 0.6 is 23.2 Å². The average Bonchev–Trinajstić information content (AvgIpc) is 2.46. The first-order chi connectivity index (χ1) is 6.16. The van der Waals surface area contributed by atoms with Crippen LogP contribution in [0.2, 0.25) is 0 Å². The largest absolute Gasteiger partial charge is 0.221 e. The highest BCUT2D eigenvalue weighted by atomic mass is 35.5. The van der Waals surface area contributed by atoms with E-state index in [9.17, 15) is 0 Å². The highest BCUT2D eigenvalue weighted by Crippen LogP contribution is 2.21. The van der Waals surface area contributed by atoms with Crippen LogP contribution in [0.3, 0.4) is 0 Å². The Balaban J connectivity index is 2.62. The molecule has 0 N–H and O–H groups in total. The van der Waals surface area contributed by atoms with Crippen LogP contribution in [-0.2, 0) is 0 Å². The lowest BCUT2D eigenvalue weighted by Crippen LogP contribution is -1.88. The standard InChI is InChI=1S/C8H7Cl2N3/c1-5-2-3-13-6(4-5)11-8(12-13)7(9)10/h2-4,7H,1H3. The zero-order valence-corrected chi connectivity index (χ0v) is 8.42. The Bertz CT molecular complexity index is 436. The van der Waals surface area contributed by atoms with E-state index in [2.05, 4.69) is 10.1 Å². The summed E-state index contributed by atoms with van der Waals surface area (Å²) in [6, 6.07) is 3.87. The zero-order valence-electron chi connectivity index (χ0n) is 6.91. The second kappa shape index (κ2) is 3.16. The summed E-state index contributed by atoms with van der Waals surface area (Å²) in [4.78, 5) is 3.49. The number of alkyl halides is 2. The molecule has 0 saturated carbocycles. The molecule has 13 heavy (non-hydrogen) atoms. The van der Waals surface area contributed by atoms with E-state index in [1.165, 1.54) is 0 Å². The molecule has 2 rings (SSSR count). The van der Waals surface area contributed by atoms with E-state index in [0.29, 0.717) is 5.82 Å². The minimum atomic E-state index is -0.666. The number of aryl methyl sites for hydroxylation is 1. The van der Waals surface area contributed by atoms with Crippen molar-refractivity contribution in [3.63, 3.8) is 0 Å². The van der Waals surface area contributed by atoms with Gasteiger partial charge in [0, 0.05) is 6.20 Å². The molecule has 0 amide bonds. The van der Waals surface area contributed by atoms with Gasteiger partial charge in [0.05, 0.1) is 0 Å². The summed E-state index contributed by atoms with van der Waals surface area (Å²) in [7, 11) is 0. The maximum absolute atomic E-state index is 5.64. The van der Waals surface area contributed by atoms with Gasteiger partial charge in [-0.25, -0.2) is 9.50 Å². The summed E-state index contributed by atoms with van der Waals surface area (Å²) < 4.78 is 1.65. The van der Waals surface area contributed by atoms with E-state index >= 15 is 0 Å². The van der Waals surface area contributed by atoms with Gasteiger partial charge in [-0.3, -0.25) is 0 Å². The number of fused-ring (bicyclic) bond motifs is 1. The van der Waals surface area contributed by atoms with E-state index in [1.54, 1.807) is 4.52 Å². The van der Waals surface area contributed by atoms with Gasteiger partial charge in [-0.15, -0.1) is 5.10 Å². The number of rotatable bonds is 1. The van der Waals surface area contributed by atoms with Gasteiger partial charge in [0.2, 0.25) is 0 Å². The molecule has 0 unspecified atom stereocenters. The van der Waals surface area contributed by atoms with Gasteiger partial charge in [-0.05, 0) is 24.6 Å². The van der Waals surface area contributed by atoms with Crippen molar-refractivity contribution in [2.75, 3.05) is 0 Å². The number of hydrogen-bond donors (Lipinski definition) is 0. The van der Waals surface area contributed by atoms with Crippen LogP contribution in [0, 0.1) is 6.92 Å². The number of aromatic nitrogens is 3. The molecule has 0 radical (unpaired) electrons. The van der Waals surface area contributed by atoms with Crippen LogP contribution in [0.25, 0.3) is 5.65 Å². The monoisotopic (exact) mass is 215 g/mol. The second-order valence-electron chi connectivity index (χ2n) is 2.78. The third-order valence-corrected chi connectivity index (χ3v) is 2.09. The first kappa shape index (κ1) is 8.78.